The van der Waals surface area contributed by atoms with Gasteiger partial charge in [0.1, 0.15) is 6.61 Å². The molecule has 0 unspecified atom stereocenters. The number of hydrogen-bond donors (Lipinski definition) is 1. The smallest absolute Gasteiger partial charge is 0.156 e. The van der Waals surface area contributed by atoms with Crippen molar-refractivity contribution in [3.05, 3.63) is 21.6 Å². The Morgan fingerprint density at radius 3 is 2.63 bits per heavy atom. The van der Waals surface area contributed by atoms with E-state index >= 15 is 0 Å². The highest BCUT2D eigenvalue weighted by Crippen LogP contribution is 2.34. The minimum Gasteiger partial charge on any atom is -0.489 e. The molecule has 106 valence electrons. The van der Waals surface area contributed by atoms with E-state index in [-0.39, 0.29) is 0 Å². The van der Waals surface area contributed by atoms with Crippen LogP contribution in [0.25, 0.3) is 0 Å². The molecule has 1 aliphatic rings. The summed E-state index contributed by atoms with van der Waals surface area (Å²) in [4.78, 5) is 4.74. The summed E-state index contributed by atoms with van der Waals surface area (Å²) in [6.07, 6.45) is 0. The van der Waals surface area contributed by atoms with Gasteiger partial charge in [-0.15, -0.1) is 0 Å². The highest BCUT2D eigenvalue weighted by Gasteiger charge is 2.14. The minimum absolute atomic E-state index is 0.567. The summed E-state index contributed by atoms with van der Waals surface area (Å²) < 4.78 is 6.57. The van der Waals surface area contributed by atoms with Gasteiger partial charge in [0.05, 0.1) is 10.2 Å². The maximum Gasteiger partial charge on any atom is 0.156 e. The topological polar surface area (TPSA) is 41.7 Å². The Hall–Kier alpha value is -0.490. The van der Waals surface area contributed by atoms with Crippen molar-refractivity contribution in [1.29, 1.82) is 0 Å². The minimum atomic E-state index is 0.567. The van der Waals surface area contributed by atoms with Gasteiger partial charge in [-0.25, -0.2) is 0 Å². The van der Waals surface area contributed by atoms with Crippen LogP contribution in [0, 0.1) is 0 Å². The van der Waals surface area contributed by atoms with E-state index in [1.54, 1.807) is 12.1 Å². The van der Waals surface area contributed by atoms with Crippen molar-refractivity contribution >= 4 is 33.2 Å². The van der Waals surface area contributed by atoms with Gasteiger partial charge in [-0.2, -0.15) is 0 Å². The van der Waals surface area contributed by atoms with Crippen LogP contribution in [0.4, 0.5) is 5.69 Å². The number of nitrogen functional groups attached to an aromatic ring is 1. The van der Waals surface area contributed by atoms with Gasteiger partial charge >= 0.3 is 0 Å². The number of nitrogens with zero attached hydrogens (tertiary/aromatic N) is 2. The summed E-state index contributed by atoms with van der Waals surface area (Å²) in [5.74, 6) is 0.679. The molecule has 1 aromatic rings. The number of hydrogen-bond acceptors (Lipinski definition) is 4. The van der Waals surface area contributed by atoms with E-state index < -0.39 is 0 Å². The molecule has 1 heterocycles. The Kier molecular flexibility index (Phi) is 5.33. The van der Waals surface area contributed by atoms with Gasteiger partial charge in [0.2, 0.25) is 0 Å². The van der Waals surface area contributed by atoms with Crippen LogP contribution in [-0.4, -0.2) is 56.2 Å². The fourth-order valence-corrected chi connectivity index (χ4v) is 3.03. The van der Waals surface area contributed by atoms with Crippen LogP contribution in [-0.2, 0) is 0 Å². The number of benzene rings is 1. The zero-order valence-electron chi connectivity index (χ0n) is 11.0. The summed E-state index contributed by atoms with van der Waals surface area (Å²) in [5, 5.41) is 0.607. The molecule has 0 amide bonds. The molecule has 0 atom stereocenters. The van der Waals surface area contributed by atoms with E-state index in [0.717, 1.165) is 37.2 Å². The Labute approximate surface area is 127 Å². The van der Waals surface area contributed by atoms with Gasteiger partial charge in [0.15, 0.2) is 5.75 Å². The van der Waals surface area contributed by atoms with Crippen molar-refractivity contribution in [1.82, 2.24) is 9.80 Å². The highest BCUT2D eigenvalue weighted by molar-refractivity contribution is 9.10. The van der Waals surface area contributed by atoms with Crippen molar-refractivity contribution < 1.29 is 4.74 Å². The van der Waals surface area contributed by atoms with Gasteiger partial charge in [0, 0.05) is 37.7 Å². The maximum absolute atomic E-state index is 5.91. The van der Waals surface area contributed by atoms with Crippen LogP contribution in [0.5, 0.6) is 5.75 Å². The average molecular weight is 349 g/mol. The number of anilines is 1. The van der Waals surface area contributed by atoms with E-state index in [0.29, 0.717) is 23.1 Å². The average Bonchev–Trinajstić information content (AvgIpc) is 2.34. The normalized spacial score (nSPS) is 17.6. The monoisotopic (exact) mass is 347 g/mol. The zero-order valence-corrected chi connectivity index (χ0v) is 13.4. The largest absolute Gasteiger partial charge is 0.489 e. The number of rotatable bonds is 4. The van der Waals surface area contributed by atoms with Gasteiger partial charge < -0.3 is 15.4 Å². The summed E-state index contributed by atoms with van der Waals surface area (Å²) in [5.41, 5.74) is 6.47. The summed E-state index contributed by atoms with van der Waals surface area (Å²) >= 11 is 9.34. The third-order valence-corrected chi connectivity index (χ3v) is 4.09. The second kappa shape index (κ2) is 6.79. The standard InChI is InChI=1S/C13H19BrClN3O/c1-17-2-4-18(5-3-17)6-7-19-13-11(14)8-10(15)9-12(13)16/h8-9H,2-7,16H2,1H3. The molecule has 2 rings (SSSR count). The van der Waals surface area contributed by atoms with Crippen molar-refractivity contribution in [2.45, 2.75) is 0 Å². The number of likely N-dealkylation sites (N-methyl/N-ethyl adjacent to an activating group) is 1. The molecular formula is C13H19BrClN3O. The van der Waals surface area contributed by atoms with Crippen LogP contribution < -0.4 is 10.5 Å². The van der Waals surface area contributed by atoms with E-state index in [2.05, 4.69) is 32.8 Å². The zero-order chi connectivity index (χ0) is 13.8. The third kappa shape index (κ3) is 4.24. The van der Waals surface area contributed by atoms with Gasteiger partial charge in [0.25, 0.3) is 0 Å². The van der Waals surface area contributed by atoms with Crippen LogP contribution in [0.1, 0.15) is 0 Å². The van der Waals surface area contributed by atoms with Gasteiger partial charge in [-0.1, -0.05) is 11.6 Å². The van der Waals surface area contributed by atoms with Crippen LogP contribution >= 0.6 is 27.5 Å². The van der Waals surface area contributed by atoms with Crippen LogP contribution in [0.3, 0.4) is 0 Å². The molecule has 1 saturated heterocycles. The molecule has 0 aromatic heterocycles. The lowest BCUT2D eigenvalue weighted by molar-refractivity contribution is 0.134. The summed E-state index contributed by atoms with van der Waals surface area (Å²) in [6, 6.07) is 3.50. The Morgan fingerprint density at radius 2 is 2.00 bits per heavy atom. The number of piperazine rings is 1. The van der Waals surface area contributed by atoms with Crippen molar-refractivity contribution in [3.8, 4) is 5.75 Å². The number of halogens is 2. The fraction of sp³-hybridized carbons (Fsp3) is 0.538. The molecule has 0 radical (unpaired) electrons. The predicted molar refractivity (Wildman–Crippen MR) is 83.0 cm³/mol. The molecule has 1 fully saturated rings. The summed E-state index contributed by atoms with van der Waals surface area (Å²) in [7, 11) is 2.15. The first-order chi connectivity index (χ1) is 9.06. The van der Waals surface area contributed by atoms with Gasteiger partial charge in [-0.3, -0.25) is 4.90 Å². The van der Waals surface area contributed by atoms with E-state index in [4.69, 9.17) is 22.1 Å². The number of ether oxygens (including phenoxy) is 1. The Morgan fingerprint density at radius 1 is 1.32 bits per heavy atom. The lowest BCUT2D eigenvalue weighted by Gasteiger charge is -2.32. The molecule has 6 heteroatoms. The third-order valence-electron chi connectivity index (χ3n) is 3.29. The molecule has 0 aliphatic carbocycles. The van der Waals surface area contributed by atoms with Crippen molar-refractivity contribution in [3.63, 3.8) is 0 Å². The SMILES string of the molecule is CN1CCN(CCOc2c(N)cc(Cl)cc2Br)CC1. The van der Waals surface area contributed by atoms with Crippen molar-refractivity contribution in [2.75, 3.05) is 52.1 Å². The molecular weight excluding hydrogens is 330 g/mol. The van der Waals surface area contributed by atoms with Crippen LogP contribution in [0.2, 0.25) is 5.02 Å². The first-order valence-electron chi connectivity index (χ1n) is 6.34. The molecule has 0 saturated carbocycles. The molecule has 1 aromatic carbocycles. The lowest BCUT2D eigenvalue weighted by Crippen LogP contribution is -2.45. The molecule has 0 bridgehead atoms. The molecule has 4 nitrogen and oxygen atoms in total. The van der Waals surface area contributed by atoms with Crippen molar-refractivity contribution in [2.24, 2.45) is 0 Å². The quantitative estimate of drug-likeness (QED) is 0.848. The second-order valence-electron chi connectivity index (χ2n) is 4.80. The predicted octanol–water partition coefficient (Wildman–Crippen LogP) is 2.31. The van der Waals surface area contributed by atoms with Crippen LogP contribution in [0.15, 0.2) is 16.6 Å². The van der Waals surface area contributed by atoms with E-state index in [1.807, 2.05) is 0 Å². The molecule has 19 heavy (non-hydrogen) atoms. The Bertz CT molecular complexity index is 413. The summed E-state index contributed by atoms with van der Waals surface area (Å²) in [6.45, 7) is 5.98. The number of nitrogens with two attached hydrogens (primary N) is 1. The lowest BCUT2D eigenvalue weighted by atomic mass is 10.3. The molecule has 2 N–H and O–H groups in total. The first-order valence-corrected chi connectivity index (χ1v) is 7.51. The Balaban J connectivity index is 1.83. The highest BCUT2D eigenvalue weighted by atomic mass is 79.9. The second-order valence-corrected chi connectivity index (χ2v) is 6.09. The van der Waals surface area contributed by atoms with E-state index in [9.17, 15) is 0 Å². The first kappa shape index (κ1) is 14.9. The van der Waals surface area contributed by atoms with E-state index in [1.165, 1.54) is 0 Å². The maximum atomic E-state index is 5.91. The van der Waals surface area contributed by atoms with Gasteiger partial charge in [-0.05, 0) is 35.1 Å². The molecule has 0 spiro atoms. The fourth-order valence-electron chi connectivity index (χ4n) is 2.08. The molecule has 1 aliphatic heterocycles.